The van der Waals surface area contributed by atoms with Gasteiger partial charge >= 0.3 is 5.69 Å². The number of hydrogen-bond acceptors (Lipinski definition) is 4. The Balaban J connectivity index is 2.70. The molecule has 5 nitrogen and oxygen atoms in total. The summed E-state index contributed by atoms with van der Waals surface area (Å²) in [6.45, 7) is 4.66. The van der Waals surface area contributed by atoms with Crippen molar-refractivity contribution in [3.63, 3.8) is 0 Å². The summed E-state index contributed by atoms with van der Waals surface area (Å²) in [7, 11) is 0. The van der Waals surface area contributed by atoms with Gasteiger partial charge in [0.05, 0.1) is 0 Å². The number of hydrogen-bond donors (Lipinski definition) is 2. The van der Waals surface area contributed by atoms with Gasteiger partial charge < -0.3 is 5.73 Å². The van der Waals surface area contributed by atoms with Gasteiger partial charge in [-0.15, -0.1) is 5.10 Å². The summed E-state index contributed by atoms with van der Waals surface area (Å²) in [4.78, 5) is 11.3. The molecule has 0 bridgehead atoms. The number of nitrogens with one attached hydrogen (secondary N) is 1. The second-order valence-electron chi connectivity index (χ2n) is 3.25. The van der Waals surface area contributed by atoms with E-state index in [1.165, 1.54) is 11.8 Å². The third-order valence-electron chi connectivity index (χ3n) is 1.65. The highest BCUT2D eigenvalue weighted by molar-refractivity contribution is 7.99. The first-order valence-corrected chi connectivity index (χ1v) is 5.67. The predicted molar refractivity (Wildman–Crippen MR) is 57.5 cm³/mol. The minimum absolute atomic E-state index is 0.113. The molecule has 0 aliphatic carbocycles. The van der Waals surface area contributed by atoms with Crippen LogP contribution >= 0.6 is 11.8 Å². The standard InChI is InChI=1S/C8H16N4OS/c1-3-4-12-7(13)10-11-8(12)14-5-6(2)9/h6H,3-5,9H2,1-2H3,(H,10,13). The van der Waals surface area contributed by atoms with Crippen LogP contribution in [0, 0.1) is 0 Å². The Hall–Kier alpha value is -0.750. The van der Waals surface area contributed by atoms with Crippen LogP contribution in [-0.2, 0) is 6.54 Å². The van der Waals surface area contributed by atoms with Crippen molar-refractivity contribution in [2.24, 2.45) is 5.73 Å². The highest BCUT2D eigenvalue weighted by atomic mass is 32.2. The maximum absolute atomic E-state index is 11.3. The molecular formula is C8H16N4OS. The van der Waals surface area contributed by atoms with E-state index < -0.39 is 0 Å². The van der Waals surface area contributed by atoms with Crippen LogP contribution in [0.4, 0.5) is 0 Å². The molecule has 0 amide bonds. The predicted octanol–water partition coefficient (Wildman–Crippen LogP) is 0.421. The van der Waals surface area contributed by atoms with E-state index in [0.717, 1.165) is 17.3 Å². The van der Waals surface area contributed by atoms with Crippen LogP contribution in [0.5, 0.6) is 0 Å². The first-order valence-electron chi connectivity index (χ1n) is 4.68. The van der Waals surface area contributed by atoms with Gasteiger partial charge in [0.1, 0.15) is 0 Å². The van der Waals surface area contributed by atoms with Crippen LogP contribution in [-0.4, -0.2) is 26.6 Å². The average molecular weight is 216 g/mol. The second kappa shape index (κ2) is 5.21. The van der Waals surface area contributed by atoms with Gasteiger partial charge in [-0.3, -0.25) is 4.57 Å². The number of thioether (sulfide) groups is 1. The van der Waals surface area contributed by atoms with Gasteiger partial charge in [-0.05, 0) is 13.3 Å². The Morgan fingerprint density at radius 1 is 1.71 bits per heavy atom. The maximum atomic E-state index is 11.3. The first-order chi connectivity index (χ1) is 6.65. The fraction of sp³-hybridized carbons (Fsp3) is 0.750. The van der Waals surface area contributed by atoms with Crippen molar-refractivity contribution in [3.8, 4) is 0 Å². The molecule has 0 aliphatic heterocycles. The maximum Gasteiger partial charge on any atom is 0.343 e. The van der Waals surface area contributed by atoms with E-state index in [2.05, 4.69) is 10.2 Å². The molecule has 14 heavy (non-hydrogen) atoms. The normalized spacial score (nSPS) is 13.1. The number of rotatable bonds is 5. The molecule has 1 unspecified atom stereocenters. The van der Waals surface area contributed by atoms with E-state index in [0.29, 0.717) is 6.54 Å². The Morgan fingerprint density at radius 3 is 3.00 bits per heavy atom. The molecule has 0 saturated carbocycles. The summed E-state index contributed by atoms with van der Waals surface area (Å²) in [5.74, 6) is 0.772. The van der Waals surface area contributed by atoms with Crippen LogP contribution in [0.3, 0.4) is 0 Å². The Bertz CT molecular complexity index is 330. The van der Waals surface area contributed by atoms with E-state index in [-0.39, 0.29) is 11.7 Å². The number of aromatic amines is 1. The molecule has 0 aromatic carbocycles. The van der Waals surface area contributed by atoms with Gasteiger partial charge in [0.15, 0.2) is 5.16 Å². The molecule has 80 valence electrons. The summed E-state index contributed by atoms with van der Waals surface area (Å²) in [6.07, 6.45) is 0.922. The quantitative estimate of drug-likeness (QED) is 0.699. The minimum Gasteiger partial charge on any atom is -0.327 e. The molecule has 0 saturated heterocycles. The zero-order valence-electron chi connectivity index (χ0n) is 8.49. The molecule has 3 N–H and O–H groups in total. The SMILES string of the molecule is CCCn1c(SCC(C)N)n[nH]c1=O. The summed E-state index contributed by atoms with van der Waals surface area (Å²) >= 11 is 1.51. The molecule has 0 aliphatic rings. The third-order valence-corrected chi connectivity index (χ3v) is 2.91. The van der Waals surface area contributed by atoms with Crippen LogP contribution in [0.15, 0.2) is 9.95 Å². The van der Waals surface area contributed by atoms with Crippen molar-refractivity contribution in [1.82, 2.24) is 14.8 Å². The average Bonchev–Trinajstić information content (AvgIpc) is 2.46. The third kappa shape index (κ3) is 2.88. The van der Waals surface area contributed by atoms with E-state index in [4.69, 9.17) is 5.73 Å². The fourth-order valence-corrected chi connectivity index (χ4v) is 1.89. The largest absolute Gasteiger partial charge is 0.343 e. The highest BCUT2D eigenvalue weighted by Gasteiger charge is 2.08. The van der Waals surface area contributed by atoms with E-state index in [1.807, 2.05) is 13.8 Å². The molecule has 0 fully saturated rings. The summed E-state index contributed by atoms with van der Waals surface area (Å²) < 4.78 is 1.65. The molecule has 1 aromatic rings. The van der Waals surface area contributed by atoms with Gasteiger partial charge in [0, 0.05) is 18.3 Å². The highest BCUT2D eigenvalue weighted by Crippen LogP contribution is 2.13. The molecule has 1 atom stereocenters. The lowest BCUT2D eigenvalue weighted by Gasteiger charge is -2.05. The zero-order valence-corrected chi connectivity index (χ0v) is 9.30. The van der Waals surface area contributed by atoms with Gasteiger partial charge in [-0.2, -0.15) is 0 Å². The van der Waals surface area contributed by atoms with Crippen molar-refractivity contribution in [3.05, 3.63) is 10.5 Å². The zero-order chi connectivity index (χ0) is 10.6. The van der Waals surface area contributed by atoms with Gasteiger partial charge in [0.25, 0.3) is 0 Å². The minimum atomic E-state index is -0.140. The van der Waals surface area contributed by atoms with Crippen LogP contribution < -0.4 is 11.4 Å². The van der Waals surface area contributed by atoms with Gasteiger partial charge in [-0.25, -0.2) is 9.89 Å². The molecular weight excluding hydrogens is 200 g/mol. The Morgan fingerprint density at radius 2 is 2.43 bits per heavy atom. The molecule has 0 spiro atoms. The lowest BCUT2D eigenvalue weighted by Crippen LogP contribution is -2.20. The summed E-state index contributed by atoms with van der Waals surface area (Å²) in [5.41, 5.74) is 5.49. The van der Waals surface area contributed by atoms with Crippen molar-refractivity contribution in [1.29, 1.82) is 0 Å². The first kappa shape index (κ1) is 11.3. The smallest absolute Gasteiger partial charge is 0.327 e. The number of aromatic nitrogens is 3. The lowest BCUT2D eigenvalue weighted by molar-refractivity contribution is 0.603. The van der Waals surface area contributed by atoms with Gasteiger partial charge in [-0.1, -0.05) is 18.7 Å². The Kier molecular flexibility index (Phi) is 4.21. The van der Waals surface area contributed by atoms with E-state index in [9.17, 15) is 4.79 Å². The summed E-state index contributed by atoms with van der Waals surface area (Å²) in [6, 6.07) is 0.113. The molecule has 1 rings (SSSR count). The monoisotopic (exact) mass is 216 g/mol. The fourth-order valence-electron chi connectivity index (χ4n) is 1.04. The van der Waals surface area contributed by atoms with Crippen molar-refractivity contribution < 1.29 is 0 Å². The van der Waals surface area contributed by atoms with Crippen LogP contribution in [0.25, 0.3) is 0 Å². The topological polar surface area (TPSA) is 76.7 Å². The second-order valence-corrected chi connectivity index (χ2v) is 4.24. The van der Waals surface area contributed by atoms with Crippen molar-refractivity contribution in [2.45, 2.75) is 38.0 Å². The molecule has 6 heteroatoms. The lowest BCUT2D eigenvalue weighted by atomic mass is 10.4. The van der Waals surface area contributed by atoms with E-state index >= 15 is 0 Å². The number of nitrogens with zero attached hydrogens (tertiary/aromatic N) is 2. The van der Waals surface area contributed by atoms with Crippen molar-refractivity contribution >= 4 is 11.8 Å². The molecule has 1 aromatic heterocycles. The van der Waals surface area contributed by atoms with Gasteiger partial charge in [0.2, 0.25) is 0 Å². The summed E-state index contributed by atoms with van der Waals surface area (Å²) in [5, 5.41) is 7.11. The van der Waals surface area contributed by atoms with E-state index in [1.54, 1.807) is 4.57 Å². The number of nitrogens with two attached hydrogens (primary N) is 1. The van der Waals surface area contributed by atoms with Crippen molar-refractivity contribution in [2.75, 3.05) is 5.75 Å². The van der Waals surface area contributed by atoms with Crippen LogP contribution in [0.1, 0.15) is 20.3 Å². The molecule has 1 heterocycles. The van der Waals surface area contributed by atoms with Crippen LogP contribution in [0.2, 0.25) is 0 Å². The molecule has 0 radical (unpaired) electrons. The Labute approximate surface area is 87.1 Å². The number of H-pyrrole nitrogens is 1.